The number of imide groups is 1. The highest BCUT2D eigenvalue weighted by atomic mass is 16.6. The number of carbonyl (C=O) groups is 2. The number of aliphatic imine (C=N–C) groups is 1. The average Bonchev–Trinajstić information content (AvgIpc) is 3.23. The van der Waals surface area contributed by atoms with Gasteiger partial charge < -0.3 is 0 Å². The number of benzene rings is 4. The van der Waals surface area contributed by atoms with E-state index in [1.807, 2.05) is 80.7 Å². The minimum absolute atomic E-state index is 0.00544. The number of nitro benzene ring substituents is 1. The summed E-state index contributed by atoms with van der Waals surface area (Å²) in [4.78, 5) is 46.2. The fourth-order valence-electron chi connectivity index (χ4n) is 7.22. The monoisotopic (exact) mass is 527 g/mol. The molecule has 4 aliphatic rings. The number of amides is 2. The number of aryl methyl sites for hydroxylation is 2. The summed E-state index contributed by atoms with van der Waals surface area (Å²) in [6.45, 7) is 4.03. The highest BCUT2D eigenvalue weighted by molar-refractivity contribution is 6.25. The first-order valence-corrected chi connectivity index (χ1v) is 13.3. The van der Waals surface area contributed by atoms with Crippen LogP contribution in [0.4, 0.5) is 17.1 Å². The third-order valence-electron chi connectivity index (χ3n) is 8.76. The molecule has 4 aromatic carbocycles. The molecule has 0 spiro atoms. The Morgan fingerprint density at radius 3 is 2.12 bits per heavy atom. The number of para-hydroxylation sites is 2. The zero-order chi connectivity index (χ0) is 27.8. The van der Waals surface area contributed by atoms with E-state index in [2.05, 4.69) is 6.07 Å². The molecular formula is C33H25N3O4. The van der Waals surface area contributed by atoms with Crippen LogP contribution in [-0.2, 0) is 15.0 Å². The number of nitro groups is 1. The molecule has 2 bridgehead atoms. The first-order valence-electron chi connectivity index (χ1n) is 13.3. The van der Waals surface area contributed by atoms with Crippen molar-refractivity contribution in [1.82, 2.24) is 0 Å². The van der Waals surface area contributed by atoms with E-state index < -0.39 is 34.0 Å². The summed E-state index contributed by atoms with van der Waals surface area (Å²) in [6, 6.07) is 27.9. The van der Waals surface area contributed by atoms with Crippen molar-refractivity contribution >= 4 is 35.1 Å². The number of nitrogens with zero attached hydrogens (tertiary/aromatic N) is 3. The molecule has 196 valence electrons. The molecule has 8 rings (SSSR count). The van der Waals surface area contributed by atoms with E-state index in [4.69, 9.17) is 4.99 Å². The van der Waals surface area contributed by atoms with Crippen LogP contribution in [0.25, 0.3) is 0 Å². The number of carbonyl (C=O) groups excluding carboxylic acids is 2. The zero-order valence-electron chi connectivity index (χ0n) is 21.9. The number of hydrogen-bond acceptors (Lipinski definition) is 5. The Hall–Kier alpha value is -4.91. The van der Waals surface area contributed by atoms with Gasteiger partial charge in [0.25, 0.3) is 5.69 Å². The van der Waals surface area contributed by atoms with Crippen molar-refractivity contribution in [2.45, 2.75) is 25.2 Å². The van der Waals surface area contributed by atoms with Gasteiger partial charge in [0.15, 0.2) is 0 Å². The van der Waals surface area contributed by atoms with Crippen LogP contribution in [0.1, 0.15) is 39.3 Å². The number of anilines is 1. The molecular weight excluding hydrogens is 502 g/mol. The standard InChI is InChI=1S/C33H25N3O4/c1-19-15-16-25(20(2)17-19)34-18-33-23-11-5-3-9-21(23)28(22-10-4-6-12-24(22)33)29-30(33)32(38)35(31(29)37)26-13-7-8-14-27(26)36(39)40/h3-18,28-30H,1-2H3. The van der Waals surface area contributed by atoms with Gasteiger partial charge in [0.2, 0.25) is 11.8 Å². The van der Waals surface area contributed by atoms with E-state index in [1.54, 1.807) is 6.07 Å². The van der Waals surface area contributed by atoms with E-state index >= 15 is 0 Å². The Bertz CT molecular complexity index is 1740. The Morgan fingerprint density at radius 1 is 0.850 bits per heavy atom. The maximum absolute atomic E-state index is 14.5. The molecule has 0 N–H and O–H groups in total. The quantitative estimate of drug-likeness (QED) is 0.137. The fourth-order valence-corrected chi connectivity index (χ4v) is 7.22. The van der Waals surface area contributed by atoms with E-state index in [0.717, 1.165) is 44.0 Å². The molecule has 2 atom stereocenters. The normalized spacial score (nSPS) is 24.2. The summed E-state index contributed by atoms with van der Waals surface area (Å²) in [5, 5.41) is 11.9. The van der Waals surface area contributed by atoms with Gasteiger partial charge in [0.1, 0.15) is 5.69 Å². The van der Waals surface area contributed by atoms with Gasteiger partial charge in [-0.3, -0.25) is 24.7 Å². The van der Waals surface area contributed by atoms with Crippen LogP contribution in [0.15, 0.2) is 96.0 Å². The van der Waals surface area contributed by atoms with Crippen LogP contribution < -0.4 is 4.90 Å². The second-order valence-corrected chi connectivity index (χ2v) is 10.8. The molecule has 1 aliphatic heterocycles. The summed E-state index contributed by atoms with van der Waals surface area (Å²) < 4.78 is 0. The zero-order valence-corrected chi connectivity index (χ0v) is 21.9. The average molecular weight is 528 g/mol. The van der Waals surface area contributed by atoms with Crippen molar-refractivity contribution in [2.75, 3.05) is 4.90 Å². The summed E-state index contributed by atoms with van der Waals surface area (Å²) in [5.74, 6) is -2.72. The molecule has 40 heavy (non-hydrogen) atoms. The van der Waals surface area contributed by atoms with Gasteiger partial charge in [-0.15, -0.1) is 0 Å². The molecule has 3 aliphatic carbocycles. The summed E-state index contributed by atoms with van der Waals surface area (Å²) in [5.41, 5.74) is 5.47. The predicted octanol–water partition coefficient (Wildman–Crippen LogP) is 6.16. The van der Waals surface area contributed by atoms with Gasteiger partial charge in [-0.2, -0.15) is 0 Å². The summed E-state index contributed by atoms with van der Waals surface area (Å²) in [7, 11) is 0. The van der Waals surface area contributed by atoms with E-state index in [-0.39, 0.29) is 17.3 Å². The van der Waals surface area contributed by atoms with Crippen molar-refractivity contribution in [3.05, 3.63) is 134 Å². The number of rotatable bonds is 4. The molecule has 7 nitrogen and oxygen atoms in total. The molecule has 1 heterocycles. The van der Waals surface area contributed by atoms with E-state index in [9.17, 15) is 19.7 Å². The van der Waals surface area contributed by atoms with Crippen molar-refractivity contribution in [3.63, 3.8) is 0 Å². The lowest BCUT2D eigenvalue weighted by atomic mass is 9.47. The first kappa shape index (κ1) is 24.2. The third-order valence-corrected chi connectivity index (χ3v) is 8.76. The molecule has 4 aromatic rings. The van der Waals surface area contributed by atoms with E-state index in [0.29, 0.717) is 0 Å². The van der Waals surface area contributed by atoms with Crippen LogP contribution in [-0.4, -0.2) is 23.0 Å². The fraction of sp³-hybridized carbons (Fsp3) is 0.182. The molecule has 2 amide bonds. The first-order chi connectivity index (χ1) is 19.3. The topological polar surface area (TPSA) is 92.9 Å². The van der Waals surface area contributed by atoms with Gasteiger partial charge in [0, 0.05) is 18.2 Å². The minimum atomic E-state index is -1.03. The Kier molecular flexibility index (Phi) is 5.16. The van der Waals surface area contributed by atoms with Gasteiger partial charge in [-0.05, 0) is 53.8 Å². The molecule has 1 saturated heterocycles. The Balaban J connectivity index is 1.51. The van der Waals surface area contributed by atoms with Crippen LogP contribution in [0.3, 0.4) is 0 Å². The lowest BCUT2D eigenvalue weighted by Crippen LogP contribution is -2.54. The summed E-state index contributed by atoms with van der Waals surface area (Å²) >= 11 is 0. The summed E-state index contributed by atoms with van der Waals surface area (Å²) in [6.07, 6.45) is 1.85. The lowest BCUT2D eigenvalue weighted by molar-refractivity contribution is -0.384. The molecule has 0 radical (unpaired) electrons. The van der Waals surface area contributed by atoms with Crippen LogP contribution >= 0.6 is 0 Å². The van der Waals surface area contributed by atoms with Gasteiger partial charge in [0.05, 0.1) is 27.9 Å². The predicted molar refractivity (Wildman–Crippen MR) is 152 cm³/mol. The van der Waals surface area contributed by atoms with Gasteiger partial charge in [-0.25, -0.2) is 4.90 Å². The highest BCUT2D eigenvalue weighted by Crippen LogP contribution is 2.64. The smallest absolute Gasteiger partial charge is 0.274 e. The van der Waals surface area contributed by atoms with Crippen molar-refractivity contribution in [3.8, 4) is 0 Å². The number of hydrogen-bond donors (Lipinski definition) is 0. The maximum Gasteiger partial charge on any atom is 0.293 e. The molecule has 1 fully saturated rings. The Morgan fingerprint density at radius 2 is 1.48 bits per heavy atom. The van der Waals surface area contributed by atoms with Crippen molar-refractivity contribution in [2.24, 2.45) is 16.8 Å². The lowest BCUT2D eigenvalue weighted by Gasteiger charge is -2.52. The maximum atomic E-state index is 14.5. The van der Waals surface area contributed by atoms with Crippen LogP contribution in [0.2, 0.25) is 0 Å². The highest BCUT2D eigenvalue weighted by Gasteiger charge is 2.68. The second-order valence-electron chi connectivity index (χ2n) is 10.8. The van der Waals surface area contributed by atoms with E-state index in [1.165, 1.54) is 18.2 Å². The second kappa shape index (κ2) is 8.55. The third kappa shape index (κ3) is 3.09. The van der Waals surface area contributed by atoms with Crippen LogP contribution in [0, 0.1) is 35.8 Å². The van der Waals surface area contributed by atoms with Crippen molar-refractivity contribution < 1.29 is 14.5 Å². The minimum Gasteiger partial charge on any atom is -0.274 e. The molecule has 7 heteroatoms. The van der Waals surface area contributed by atoms with Crippen molar-refractivity contribution in [1.29, 1.82) is 0 Å². The SMILES string of the molecule is Cc1ccc(N=CC23c4ccccc4C(c4ccccc42)C2C(=O)N(c4ccccc4[N+](=O)[O-])C(=O)C23)c(C)c1. The largest absolute Gasteiger partial charge is 0.293 e. The van der Waals surface area contributed by atoms with Gasteiger partial charge >= 0.3 is 0 Å². The Labute approximate surface area is 231 Å². The molecule has 2 unspecified atom stereocenters. The van der Waals surface area contributed by atoms with Gasteiger partial charge in [-0.1, -0.05) is 78.4 Å². The molecule has 0 saturated carbocycles. The van der Waals surface area contributed by atoms with Crippen LogP contribution in [0.5, 0.6) is 0 Å². The molecule has 0 aromatic heterocycles.